The summed E-state index contributed by atoms with van der Waals surface area (Å²) >= 11 is 0. The number of carbonyl (C=O) groups excluding carboxylic acids is 1. The fourth-order valence-electron chi connectivity index (χ4n) is 3.89. The average molecular weight is 436 g/mol. The van der Waals surface area contributed by atoms with Crippen LogP contribution in [0.25, 0.3) is 0 Å². The Bertz CT molecular complexity index is 914. The molecule has 0 bridgehead atoms. The number of nitrogens with one attached hydrogen (secondary N) is 2. The van der Waals surface area contributed by atoms with Crippen molar-refractivity contribution in [2.24, 2.45) is 16.8 Å². The van der Waals surface area contributed by atoms with Crippen molar-refractivity contribution in [1.82, 2.24) is 20.5 Å². The number of rotatable bonds is 10. The number of aliphatic imine (C=N–C) groups is 1. The van der Waals surface area contributed by atoms with Crippen LogP contribution in [-0.2, 0) is 17.8 Å². The molecule has 170 valence electrons. The van der Waals surface area contributed by atoms with Crippen LogP contribution in [0, 0.1) is 11.8 Å². The van der Waals surface area contributed by atoms with E-state index in [0.717, 1.165) is 44.2 Å². The molecule has 7 nitrogen and oxygen atoms in total. The average Bonchev–Trinajstić information content (AvgIpc) is 3.59. The van der Waals surface area contributed by atoms with E-state index in [-0.39, 0.29) is 5.91 Å². The van der Waals surface area contributed by atoms with Gasteiger partial charge in [-0.25, -0.2) is 4.98 Å². The molecule has 1 aromatic carbocycles. The van der Waals surface area contributed by atoms with Crippen LogP contribution in [0.15, 0.2) is 53.7 Å². The normalized spacial score (nSPS) is 18.7. The van der Waals surface area contributed by atoms with E-state index >= 15 is 0 Å². The molecule has 0 radical (unpaired) electrons. The minimum Gasteiger partial charge on any atom is -0.477 e. The van der Waals surface area contributed by atoms with Crippen LogP contribution >= 0.6 is 0 Å². The van der Waals surface area contributed by atoms with E-state index in [2.05, 4.69) is 32.7 Å². The molecule has 1 aliphatic heterocycles. The van der Waals surface area contributed by atoms with Gasteiger partial charge in [-0.2, -0.15) is 0 Å². The Kier molecular flexibility index (Phi) is 7.59. The summed E-state index contributed by atoms with van der Waals surface area (Å²) in [6.45, 7) is 3.69. The first-order chi connectivity index (χ1) is 15.7. The predicted octanol–water partition coefficient (Wildman–Crippen LogP) is 2.63. The maximum Gasteiger partial charge on any atom is 0.223 e. The zero-order valence-electron chi connectivity index (χ0n) is 18.8. The third-order valence-electron chi connectivity index (χ3n) is 6.01. The number of nitrogens with zero attached hydrogens (tertiary/aromatic N) is 3. The molecule has 1 saturated carbocycles. The summed E-state index contributed by atoms with van der Waals surface area (Å²) in [5.74, 6) is 2.65. The first kappa shape index (κ1) is 22.1. The van der Waals surface area contributed by atoms with Crippen LogP contribution in [0.5, 0.6) is 5.88 Å². The van der Waals surface area contributed by atoms with Gasteiger partial charge < -0.3 is 20.3 Å². The molecule has 2 aliphatic rings. The van der Waals surface area contributed by atoms with Gasteiger partial charge in [0.05, 0.1) is 6.61 Å². The van der Waals surface area contributed by atoms with Crippen molar-refractivity contribution in [1.29, 1.82) is 0 Å². The lowest BCUT2D eigenvalue weighted by Crippen LogP contribution is -2.40. The molecule has 4 rings (SSSR count). The minimum absolute atomic E-state index is 0.242. The van der Waals surface area contributed by atoms with Gasteiger partial charge in [0.15, 0.2) is 5.96 Å². The van der Waals surface area contributed by atoms with Gasteiger partial charge in [0.1, 0.15) is 0 Å². The SMILES string of the molecule is CN=C(NCc1ccnc(OCC2CC2)c1)NCC1CC(=O)N(CCc2ccccc2)C1. The lowest BCUT2D eigenvalue weighted by molar-refractivity contribution is -0.127. The summed E-state index contributed by atoms with van der Waals surface area (Å²) in [6, 6.07) is 14.3. The van der Waals surface area contributed by atoms with Crippen LogP contribution in [0.1, 0.15) is 30.4 Å². The highest BCUT2D eigenvalue weighted by atomic mass is 16.5. The molecule has 1 aromatic heterocycles. The third kappa shape index (κ3) is 6.70. The molecule has 1 atom stereocenters. The van der Waals surface area contributed by atoms with Gasteiger partial charge in [-0.05, 0) is 42.4 Å². The van der Waals surface area contributed by atoms with Crippen LogP contribution in [0.3, 0.4) is 0 Å². The fourth-order valence-corrected chi connectivity index (χ4v) is 3.89. The van der Waals surface area contributed by atoms with Crippen LogP contribution in [0.4, 0.5) is 0 Å². The largest absolute Gasteiger partial charge is 0.477 e. The monoisotopic (exact) mass is 435 g/mol. The maximum absolute atomic E-state index is 12.4. The Balaban J connectivity index is 1.18. The Morgan fingerprint density at radius 3 is 2.78 bits per heavy atom. The molecular formula is C25H33N5O2. The summed E-state index contributed by atoms with van der Waals surface area (Å²) in [5.41, 5.74) is 2.36. The molecule has 1 aliphatic carbocycles. The number of hydrogen-bond donors (Lipinski definition) is 2. The van der Waals surface area contributed by atoms with Crippen molar-refractivity contribution < 1.29 is 9.53 Å². The first-order valence-electron chi connectivity index (χ1n) is 11.5. The lowest BCUT2D eigenvalue weighted by atomic mass is 10.1. The fraction of sp³-hybridized carbons (Fsp3) is 0.480. The van der Waals surface area contributed by atoms with E-state index in [1.807, 2.05) is 35.2 Å². The van der Waals surface area contributed by atoms with Crippen molar-refractivity contribution in [2.45, 2.75) is 32.2 Å². The van der Waals surface area contributed by atoms with E-state index in [0.29, 0.717) is 30.7 Å². The molecule has 1 amide bonds. The number of carbonyl (C=O) groups is 1. The number of benzene rings is 1. The second kappa shape index (κ2) is 11.0. The van der Waals surface area contributed by atoms with E-state index in [1.165, 1.54) is 18.4 Å². The van der Waals surface area contributed by atoms with Crippen molar-refractivity contribution in [2.75, 3.05) is 33.3 Å². The second-order valence-electron chi connectivity index (χ2n) is 8.71. The van der Waals surface area contributed by atoms with E-state index in [4.69, 9.17) is 4.74 Å². The molecule has 7 heteroatoms. The summed E-state index contributed by atoms with van der Waals surface area (Å²) in [6.07, 6.45) is 5.80. The van der Waals surface area contributed by atoms with E-state index in [9.17, 15) is 4.79 Å². The summed E-state index contributed by atoms with van der Waals surface area (Å²) < 4.78 is 5.77. The molecule has 2 aromatic rings. The number of likely N-dealkylation sites (tertiary alicyclic amines) is 1. The summed E-state index contributed by atoms with van der Waals surface area (Å²) in [7, 11) is 1.76. The van der Waals surface area contributed by atoms with Gasteiger partial charge in [-0.15, -0.1) is 0 Å². The second-order valence-corrected chi connectivity index (χ2v) is 8.71. The standard InChI is InChI=1S/C25H33N5O2/c1-26-25(28-15-21-9-11-27-23(13-21)32-18-20-7-8-20)29-16-22-14-24(31)30(17-22)12-10-19-5-3-2-4-6-19/h2-6,9,11,13,20,22H,7-8,10,12,14-18H2,1H3,(H2,26,28,29). The van der Waals surface area contributed by atoms with E-state index < -0.39 is 0 Å². The van der Waals surface area contributed by atoms with Crippen LogP contribution in [0.2, 0.25) is 0 Å². The molecule has 1 unspecified atom stereocenters. The van der Waals surface area contributed by atoms with E-state index in [1.54, 1.807) is 13.2 Å². The summed E-state index contributed by atoms with van der Waals surface area (Å²) in [5, 5.41) is 6.71. The maximum atomic E-state index is 12.4. The third-order valence-corrected chi connectivity index (χ3v) is 6.01. The van der Waals surface area contributed by atoms with Crippen molar-refractivity contribution in [3.63, 3.8) is 0 Å². The zero-order chi connectivity index (χ0) is 22.2. The van der Waals surface area contributed by atoms with Gasteiger partial charge >= 0.3 is 0 Å². The molecule has 2 N–H and O–H groups in total. The molecule has 2 fully saturated rings. The smallest absolute Gasteiger partial charge is 0.223 e. The molecule has 32 heavy (non-hydrogen) atoms. The highest BCUT2D eigenvalue weighted by Crippen LogP contribution is 2.29. The van der Waals surface area contributed by atoms with Gasteiger partial charge in [0, 0.05) is 57.8 Å². The zero-order valence-corrected chi connectivity index (χ0v) is 18.8. The topological polar surface area (TPSA) is 78.9 Å². The Hall–Kier alpha value is -3.09. The molecule has 2 heterocycles. The lowest BCUT2D eigenvalue weighted by Gasteiger charge is -2.18. The van der Waals surface area contributed by atoms with Gasteiger partial charge in [0.2, 0.25) is 11.8 Å². The first-order valence-corrected chi connectivity index (χ1v) is 11.5. The quantitative estimate of drug-likeness (QED) is 0.443. The van der Waals surface area contributed by atoms with Crippen molar-refractivity contribution in [3.8, 4) is 5.88 Å². The minimum atomic E-state index is 0.242. The Labute approximate surface area is 190 Å². The highest BCUT2D eigenvalue weighted by Gasteiger charge is 2.29. The van der Waals surface area contributed by atoms with Gasteiger partial charge in [0.25, 0.3) is 0 Å². The Morgan fingerprint density at radius 2 is 2.00 bits per heavy atom. The number of ether oxygens (including phenoxy) is 1. The van der Waals surface area contributed by atoms with Crippen LogP contribution in [-0.4, -0.2) is 55.0 Å². The van der Waals surface area contributed by atoms with Crippen molar-refractivity contribution in [3.05, 3.63) is 59.8 Å². The number of aromatic nitrogens is 1. The number of hydrogen-bond acceptors (Lipinski definition) is 4. The van der Waals surface area contributed by atoms with Gasteiger partial charge in [-0.1, -0.05) is 30.3 Å². The number of amides is 1. The van der Waals surface area contributed by atoms with Crippen molar-refractivity contribution >= 4 is 11.9 Å². The molecule has 1 saturated heterocycles. The van der Waals surface area contributed by atoms with Crippen LogP contribution < -0.4 is 15.4 Å². The molecule has 0 spiro atoms. The predicted molar refractivity (Wildman–Crippen MR) is 125 cm³/mol. The Morgan fingerprint density at radius 1 is 1.16 bits per heavy atom. The molecular weight excluding hydrogens is 402 g/mol. The number of guanidine groups is 1. The highest BCUT2D eigenvalue weighted by molar-refractivity contribution is 5.80. The summed E-state index contributed by atoms with van der Waals surface area (Å²) in [4.78, 5) is 23.0. The number of pyridine rings is 1. The van der Waals surface area contributed by atoms with Gasteiger partial charge in [-0.3, -0.25) is 9.79 Å².